The number of amides is 4. The van der Waals surface area contributed by atoms with E-state index in [1.54, 1.807) is 36.4 Å². The largest absolute Gasteiger partial charge is 0.494 e. The van der Waals surface area contributed by atoms with Crippen molar-refractivity contribution in [2.75, 3.05) is 18.1 Å². The van der Waals surface area contributed by atoms with Crippen LogP contribution < -0.4 is 24.4 Å². The predicted octanol–water partition coefficient (Wildman–Crippen LogP) is 5.38. The average molecular weight is 521 g/mol. The summed E-state index contributed by atoms with van der Waals surface area (Å²) in [5.74, 6) is -0.274. The lowest BCUT2D eigenvalue weighted by Gasteiger charge is -2.26. The van der Waals surface area contributed by atoms with E-state index in [1.165, 1.54) is 6.08 Å². The topological polar surface area (TPSA) is 94.2 Å². The lowest BCUT2D eigenvalue weighted by molar-refractivity contribution is -0.122. The molecule has 37 heavy (non-hydrogen) atoms. The van der Waals surface area contributed by atoms with Gasteiger partial charge in [-0.3, -0.25) is 14.9 Å². The molecule has 1 saturated heterocycles. The monoisotopic (exact) mass is 520 g/mol. The minimum Gasteiger partial charge on any atom is -0.494 e. The van der Waals surface area contributed by atoms with Crippen LogP contribution in [0.25, 0.3) is 6.08 Å². The second-order valence-corrected chi connectivity index (χ2v) is 8.33. The number of hydrogen-bond acceptors (Lipinski definition) is 6. The first kappa shape index (κ1) is 25.8. The second-order valence-electron chi connectivity index (χ2n) is 7.92. The molecule has 1 aliphatic rings. The van der Waals surface area contributed by atoms with E-state index in [2.05, 4.69) is 5.32 Å². The number of rotatable bonds is 9. The highest BCUT2D eigenvalue weighted by atomic mass is 35.5. The van der Waals surface area contributed by atoms with Crippen LogP contribution in [-0.4, -0.2) is 31.1 Å². The van der Waals surface area contributed by atoms with Gasteiger partial charge in [0.1, 0.15) is 17.9 Å². The van der Waals surface area contributed by atoms with Gasteiger partial charge in [-0.15, -0.1) is 0 Å². The Morgan fingerprint density at radius 1 is 0.892 bits per heavy atom. The Morgan fingerprint density at radius 3 is 2.27 bits per heavy atom. The van der Waals surface area contributed by atoms with Gasteiger partial charge in [0.15, 0.2) is 11.5 Å². The zero-order valence-electron chi connectivity index (χ0n) is 20.3. The van der Waals surface area contributed by atoms with Gasteiger partial charge in [-0.2, -0.15) is 0 Å². The predicted molar refractivity (Wildman–Crippen MR) is 140 cm³/mol. The lowest BCUT2D eigenvalue weighted by Crippen LogP contribution is -2.54. The van der Waals surface area contributed by atoms with Crippen LogP contribution in [0.2, 0.25) is 5.02 Å². The van der Waals surface area contributed by atoms with Gasteiger partial charge in [-0.1, -0.05) is 41.9 Å². The molecule has 0 atom stereocenters. The van der Waals surface area contributed by atoms with Crippen LogP contribution in [0.1, 0.15) is 25.0 Å². The third-order valence-corrected chi connectivity index (χ3v) is 5.66. The smallest absolute Gasteiger partial charge is 0.335 e. The van der Waals surface area contributed by atoms with Crippen LogP contribution >= 0.6 is 11.6 Å². The first-order valence-corrected chi connectivity index (χ1v) is 12.1. The van der Waals surface area contributed by atoms with Gasteiger partial charge in [-0.25, -0.2) is 9.69 Å². The quantitative estimate of drug-likeness (QED) is 0.300. The number of anilines is 1. The van der Waals surface area contributed by atoms with Crippen LogP contribution in [0.5, 0.6) is 17.2 Å². The van der Waals surface area contributed by atoms with E-state index in [4.69, 9.17) is 25.8 Å². The van der Waals surface area contributed by atoms with Crippen LogP contribution in [0.4, 0.5) is 10.5 Å². The molecule has 1 aliphatic heterocycles. The molecule has 8 nitrogen and oxygen atoms in total. The summed E-state index contributed by atoms with van der Waals surface area (Å²) in [4.78, 5) is 39.2. The number of barbiturate groups is 1. The maximum atomic E-state index is 13.2. The zero-order chi connectivity index (χ0) is 26.4. The second kappa shape index (κ2) is 11.6. The summed E-state index contributed by atoms with van der Waals surface area (Å²) < 4.78 is 17.1. The maximum absolute atomic E-state index is 13.2. The Balaban J connectivity index is 1.64. The maximum Gasteiger partial charge on any atom is 0.335 e. The molecular formula is C28H25ClN2O6. The van der Waals surface area contributed by atoms with Crippen molar-refractivity contribution in [3.63, 3.8) is 0 Å². The van der Waals surface area contributed by atoms with Gasteiger partial charge in [0, 0.05) is 0 Å². The minimum atomic E-state index is -0.839. The molecule has 0 radical (unpaired) electrons. The number of nitrogens with zero attached hydrogens (tertiary/aromatic N) is 1. The van der Waals surface area contributed by atoms with Crippen LogP contribution in [0.15, 0.2) is 72.3 Å². The molecule has 4 rings (SSSR count). The molecule has 0 aromatic heterocycles. The van der Waals surface area contributed by atoms with Crippen molar-refractivity contribution in [1.82, 2.24) is 5.32 Å². The molecule has 0 unspecified atom stereocenters. The van der Waals surface area contributed by atoms with Gasteiger partial charge >= 0.3 is 6.03 Å². The van der Waals surface area contributed by atoms with Crippen molar-refractivity contribution in [2.24, 2.45) is 0 Å². The summed E-state index contributed by atoms with van der Waals surface area (Å²) in [7, 11) is 0. The number of hydrogen-bond donors (Lipinski definition) is 1. The molecule has 4 amide bonds. The lowest BCUT2D eigenvalue weighted by atomic mass is 10.1. The Hall–Kier alpha value is -4.30. The van der Waals surface area contributed by atoms with Gasteiger partial charge in [0.2, 0.25) is 0 Å². The van der Waals surface area contributed by atoms with Crippen LogP contribution in [0.3, 0.4) is 0 Å². The summed E-state index contributed by atoms with van der Waals surface area (Å²) in [5, 5.41) is 2.46. The van der Waals surface area contributed by atoms with Gasteiger partial charge in [0.05, 0.1) is 23.9 Å². The Bertz CT molecular complexity index is 1340. The molecule has 1 heterocycles. The van der Waals surface area contributed by atoms with E-state index < -0.39 is 17.8 Å². The van der Waals surface area contributed by atoms with E-state index >= 15 is 0 Å². The van der Waals surface area contributed by atoms with Crippen LogP contribution in [-0.2, 0) is 16.2 Å². The third-order valence-electron chi connectivity index (χ3n) is 5.38. The Kier molecular flexibility index (Phi) is 8.10. The van der Waals surface area contributed by atoms with Gasteiger partial charge in [0.25, 0.3) is 11.8 Å². The number of halogens is 1. The van der Waals surface area contributed by atoms with E-state index in [0.29, 0.717) is 41.7 Å². The summed E-state index contributed by atoms with van der Waals surface area (Å²) in [6.07, 6.45) is 1.36. The molecule has 0 saturated carbocycles. The fourth-order valence-corrected chi connectivity index (χ4v) is 3.99. The highest BCUT2D eigenvalue weighted by Crippen LogP contribution is 2.38. The van der Waals surface area contributed by atoms with Gasteiger partial charge in [-0.05, 0) is 67.4 Å². The van der Waals surface area contributed by atoms with Crippen molar-refractivity contribution in [3.05, 3.63) is 88.5 Å². The zero-order valence-corrected chi connectivity index (χ0v) is 21.1. The summed E-state index contributed by atoms with van der Waals surface area (Å²) in [6.45, 7) is 4.77. The SMILES string of the molecule is CCOc1ccc(N2C(=O)NC(=O)/C(=C\c3cc(Cl)c(OCc4ccccc4)c(OCC)c3)C2=O)cc1. The minimum absolute atomic E-state index is 0.232. The molecule has 1 N–H and O–H groups in total. The van der Waals surface area contributed by atoms with E-state index in [-0.39, 0.29) is 17.2 Å². The van der Waals surface area contributed by atoms with E-state index in [0.717, 1.165) is 10.5 Å². The Labute approximate surface area is 219 Å². The fourth-order valence-electron chi connectivity index (χ4n) is 3.72. The molecule has 3 aromatic rings. The summed E-state index contributed by atoms with van der Waals surface area (Å²) in [5.41, 5.74) is 1.45. The van der Waals surface area contributed by atoms with E-state index in [9.17, 15) is 14.4 Å². The van der Waals surface area contributed by atoms with Crippen molar-refractivity contribution in [3.8, 4) is 17.2 Å². The van der Waals surface area contributed by atoms with Crippen LogP contribution in [0, 0.1) is 0 Å². The number of carbonyl (C=O) groups excluding carboxylic acids is 3. The molecule has 1 fully saturated rings. The standard InChI is InChI=1S/C28H25ClN2O6/c1-3-35-21-12-10-20(11-13-21)31-27(33)22(26(32)30-28(31)34)14-19-15-23(29)25(24(16-19)36-4-2)37-17-18-8-6-5-7-9-18/h5-16H,3-4,17H2,1-2H3,(H,30,32,34)/b22-14+. The summed E-state index contributed by atoms with van der Waals surface area (Å²) in [6, 6.07) is 18.4. The molecular weight excluding hydrogens is 496 g/mol. The first-order valence-electron chi connectivity index (χ1n) is 11.7. The van der Waals surface area contributed by atoms with Crippen molar-refractivity contribution < 1.29 is 28.6 Å². The molecule has 9 heteroatoms. The van der Waals surface area contributed by atoms with Crippen molar-refractivity contribution in [2.45, 2.75) is 20.5 Å². The number of benzene rings is 3. The number of urea groups is 1. The number of carbonyl (C=O) groups is 3. The molecule has 0 aliphatic carbocycles. The summed E-state index contributed by atoms with van der Waals surface area (Å²) >= 11 is 6.52. The Morgan fingerprint density at radius 2 is 1.59 bits per heavy atom. The molecule has 0 spiro atoms. The molecule has 0 bridgehead atoms. The first-order chi connectivity index (χ1) is 17.9. The average Bonchev–Trinajstić information content (AvgIpc) is 2.88. The third kappa shape index (κ3) is 5.92. The normalized spacial score (nSPS) is 14.5. The number of ether oxygens (including phenoxy) is 3. The highest BCUT2D eigenvalue weighted by molar-refractivity contribution is 6.39. The molecule has 3 aromatic carbocycles. The van der Waals surface area contributed by atoms with Crippen molar-refractivity contribution in [1.29, 1.82) is 0 Å². The molecule has 190 valence electrons. The fraction of sp³-hybridized carbons (Fsp3) is 0.179. The van der Waals surface area contributed by atoms with E-state index in [1.807, 2.05) is 44.2 Å². The number of nitrogens with one attached hydrogen (secondary N) is 1. The van der Waals surface area contributed by atoms with Crippen molar-refractivity contribution >= 4 is 41.2 Å². The highest BCUT2D eigenvalue weighted by Gasteiger charge is 2.37. The van der Waals surface area contributed by atoms with Gasteiger partial charge < -0.3 is 14.2 Å². The number of imide groups is 2.